The Balaban J connectivity index is 0.00000484. The number of sulfonamides is 1. The Morgan fingerprint density at radius 1 is 1.26 bits per heavy atom. The zero-order chi connectivity index (χ0) is 16.8. The molecule has 0 aromatic heterocycles. The lowest BCUT2D eigenvalue weighted by Crippen LogP contribution is -2.30. The molecule has 0 radical (unpaired) electrons. The van der Waals surface area contributed by atoms with Gasteiger partial charge in [0, 0.05) is 13.1 Å². The van der Waals surface area contributed by atoms with Gasteiger partial charge in [-0.15, -0.1) is 12.4 Å². The summed E-state index contributed by atoms with van der Waals surface area (Å²) in [6.07, 6.45) is 0. The molecule has 0 aliphatic heterocycles. The number of benzene rings is 1. The zero-order valence-corrected chi connectivity index (χ0v) is 15.2. The molecule has 1 aromatic carbocycles. The Morgan fingerprint density at radius 3 is 2.35 bits per heavy atom. The van der Waals surface area contributed by atoms with Crippen molar-refractivity contribution in [3.05, 3.63) is 18.2 Å². The summed E-state index contributed by atoms with van der Waals surface area (Å²) in [5.74, 6) is -0.0128. The van der Waals surface area contributed by atoms with E-state index in [0.717, 1.165) is 0 Å². The predicted octanol–water partition coefficient (Wildman–Crippen LogP) is 1.43. The molecule has 7 nitrogen and oxygen atoms in total. The highest BCUT2D eigenvalue weighted by atomic mass is 35.5. The number of anilines is 1. The fourth-order valence-electron chi connectivity index (χ4n) is 1.96. The van der Waals surface area contributed by atoms with Crippen molar-refractivity contribution in [3.8, 4) is 5.75 Å². The molecule has 1 rings (SSSR count). The average molecular weight is 366 g/mol. The number of rotatable bonds is 8. The third-order valence-corrected chi connectivity index (χ3v) is 5.10. The predicted molar refractivity (Wildman–Crippen MR) is 92.6 cm³/mol. The second-order valence-electron chi connectivity index (χ2n) is 4.43. The van der Waals surface area contributed by atoms with Crippen LogP contribution in [0.2, 0.25) is 0 Å². The minimum atomic E-state index is -3.60. The molecule has 1 aromatic rings. The molecule has 0 unspecified atom stereocenters. The molecule has 132 valence electrons. The summed E-state index contributed by atoms with van der Waals surface area (Å²) in [5.41, 5.74) is 5.58. The quantitative estimate of drug-likeness (QED) is 0.725. The molecule has 1 amide bonds. The maximum atomic E-state index is 12.5. The van der Waals surface area contributed by atoms with Crippen molar-refractivity contribution in [1.82, 2.24) is 4.31 Å². The molecular formula is C14H24ClN3O4S. The molecule has 0 bridgehead atoms. The van der Waals surface area contributed by atoms with E-state index >= 15 is 0 Å². The summed E-state index contributed by atoms with van der Waals surface area (Å²) in [5, 5.41) is 2.56. The van der Waals surface area contributed by atoms with Crippen LogP contribution in [-0.2, 0) is 14.8 Å². The van der Waals surface area contributed by atoms with Crippen LogP contribution in [0, 0.1) is 0 Å². The lowest BCUT2D eigenvalue weighted by atomic mass is 10.3. The Morgan fingerprint density at radius 2 is 1.87 bits per heavy atom. The molecule has 23 heavy (non-hydrogen) atoms. The maximum absolute atomic E-state index is 12.5. The van der Waals surface area contributed by atoms with Crippen molar-refractivity contribution in [2.45, 2.75) is 25.7 Å². The van der Waals surface area contributed by atoms with Gasteiger partial charge in [0.1, 0.15) is 5.75 Å². The summed E-state index contributed by atoms with van der Waals surface area (Å²) >= 11 is 0. The smallest absolute Gasteiger partial charge is 0.243 e. The Hall–Kier alpha value is -1.35. The molecule has 0 atom stereocenters. The number of nitrogens with two attached hydrogens (primary N) is 1. The number of carbonyl (C=O) groups excluding carboxylic acids is 1. The van der Waals surface area contributed by atoms with Crippen LogP contribution in [0.15, 0.2) is 23.1 Å². The normalized spacial score (nSPS) is 11.0. The van der Waals surface area contributed by atoms with Gasteiger partial charge in [-0.3, -0.25) is 4.79 Å². The second-order valence-corrected chi connectivity index (χ2v) is 6.37. The third kappa shape index (κ3) is 5.35. The van der Waals surface area contributed by atoms with Crippen molar-refractivity contribution >= 4 is 34.0 Å². The van der Waals surface area contributed by atoms with Gasteiger partial charge in [0.05, 0.1) is 23.7 Å². The highest BCUT2D eigenvalue weighted by molar-refractivity contribution is 7.89. The van der Waals surface area contributed by atoms with E-state index in [2.05, 4.69) is 5.32 Å². The first kappa shape index (κ1) is 21.6. The zero-order valence-electron chi connectivity index (χ0n) is 13.5. The molecular weight excluding hydrogens is 342 g/mol. The van der Waals surface area contributed by atoms with E-state index < -0.39 is 15.9 Å². The first-order valence-electron chi connectivity index (χ1n) is 7.17. The van der Waals surface area contributed by atoms with Gasteiger partial charge >= 0.3 is 0 Å². The number of carbonyl (C=O) groups is 1. The van der Waals surface area contributed by atoms with Crippen molar-refractivity contribution < 1.29 is 17.9 Å². The van der Waals surface area contributed by atoms with Crippen LogP contribution in [0.1, 0.15) is 20.8 Å². The summed E-state index contributed by atoms with van der Waals surface area (Å²) in [6, 6.07) is 4.40. The molecule has 0 saturated carbocycles. The first-order valence-corrected chi connectivity index (χ1v) is 8.61. The van der Waals surface area contributed by atoms with Crippen LogP contribution in [0.4, 0.5) is 5.69 Å². The Labute approximate surface area is 143 Å². The number of nitrogens with zero attached hydrogens (tertiary/aromatic N) is 1. The van der Waals surface area contributed by atoms with Gasteiger partial charge in [-0.2, -0.15) is 4.31 Å². The van der Waals surface area contributed by atoms with Crippen LogP contribution in [0.25, 0.3) is 0 Å². The molecule has 9 heteroatoms. The lowest BCUT2D eigenvalue weighted by Gasteiger charge is -2.20. The SMILES string of the molecule is CCOc1ccc(S(=O)(=O)N(CC)CC)cc1NC(=O)CN.Cl. The Bertz CT molecular complexity index is 618. The monoisotopic (exact) mass is 365 g/mol. The molecule has 0 saturated heterocycles. The van der Waals surface area contributed by atoms with Gasteiger partial charge in [0.25, 0.3) is 0 Å². The van der Waals surface area contributed by atoms with E-state index in [1.807, 2.05) is 0 Å². The van der Waals surface area contributed by atoms with Crippen molar-refractivity contribution in [2.24, 2.45) is 5.73 Å². The van der Waals surface area contributed by atoms with Gasteiger partial charge in [-0.1, -0.05) is 13.8 Å². The van der Waals surface area contributed by atoms with Crippen molar-refractivity contribution in [1.29, 1.82) is 0 Å². The minimum Gasteiger partial charge on any atom is -0.492 e. The maximum Gasteiger partial charge on any atom is 0.243 e. The summed E-state index contributed by atoms with van der Waals surface area (Å²) in [4.78, 5) is 11.6. The van der Waals surface area contributed by atoms with Crippen LogP contribution < -0.4 is 15.8 Å². The Kier molecular flexibility index (Phi) is 9.14. The van der Waals surface area contributed by atoms with Gasteiger partial charge in [-0.25, -0.2) is 8.42 Å². The fourth-order valence-corrected chi connectivity index (χ4v) is 3.45. The molecule has 0 heterocycles. The van der Waals surface area contributed by atoms with E-state index in [0.29, 0.717) is 31.1 Å². The van der Waals surface area contributed by atoms with E-state index in [4.69, 9.17) is 10.5 Å². The second kappa shape index (κ2) is 9.71. The molecule has 0 spiro atoms. The molecule has 3 N–H and O–H groups in total. The lowest BCUT2D eigenvalue weighted by molar-refractivity contribution is -0.114. The standard InChI is InChI=1S/C14H23N3O4S.ClH/c1-4-17(5-2)22(19,20)11-7-8-13(21-6-3)12(9-11)16-14(18)10-15;/h7-9H,4-6,10,15H2,1-3H3,(H,16,18);1H. The number of halogens is 1. The number of amides is 1. The minimum absolute atomic E-state index is 0. The average Bonchev–Trinajstić information content (AvgIpc) is 2.49. The van der Waals surface area contributed by atoms with E-state index in [-0.39, 0.29) is 23.8 Å². The molecule has 0 aliphatic carbocycles. The summed E-state index contributed by atoms with van der Waals surface area (Å²) in [6.45, 7) is 6.29. The van der Waals surface area contributed by atoms with Gasteiger partial charge in [0.15, 0.2) is 0 Å². The first-order chi connectivity index (χ1) is 10.4. The largest absolute Gasteiger partial charge is 0.492 e. The fraction of sp³-hybridized carbons (Fsp3) is 0.500. The van der Waals surface area contributed by atoms with Crippen molar-refractivity contribution in [3.63, 3.8) is 0 Å². The van der Waals surface area contributed by atoms with Crippen LogP contribution in [-0.4, -0.2) is 44.9 Å². The van der Waals surface area contributed by atoms with E-state index in [9.17, 15) is 13.2 Å². The van der Waals surface area contributed by atoms with Crippen LogP contribution in [0.3, 0.4) is 0 Å². The number of hydrogen-bond donors (Lipinski definition) is 2. The van der Waals surface area contributed by atoms with Crippen LogP contribution >= 0.6 is 12.4 Å². The van der Waals surface area contributed by atoms with Gasteiger partial charge in [0.2, 0.25) is 15.9 Å². The van der Waals surface area contributed by atoms with Crippen molar-refractivity contribution in [2.75, 3.05) is 31.6 Å². The molecule has 0 fully saturated rings. The van der Waals surface area contributed by atoms with Gasteiger partial charge in [-0.05, 0) is 25.1 Å². The van der Waals surface area contributed by atoms with E-state index in [1.54, 1.807) is 20.8 Å². The van der Waals surface area contributed by atoms with Crippen LogP contribution in [0.5, 0.6) is 5.75 Å². The third-order valence-electron chi connectivity index (χ3n) is 3.05. The summed E-state index contributed by atoms with van der Waals surface area (Å²) < 4.78 is 31.8. The van der Waals surface area contributed by atoms with E-state index in [1.165, 1.54) is 22.5 Å². The highest BCUT2D eigenvalue weighted by Gasteiger charge is 2.23. The number of nitrogens with one attached hydrogen (secondary N) is 1. The highest BCUT2D eigenvalue weighted by Crippen LogP contribution is 2.29. The number of ether oxygens (including phenoxy) is 1. The number of hydrogen-bond acceptors (Lipinski definition) is 5. The van der Waals surface area contributed by atoms with Gasteiger partial charge < -0.3 is 15.8 Å². The summed E-state index contributed by atoms with van der Waals surface area (Å²) in [7, 11) is -3.60. The molecule has 0 aliphatic rings. The topological polar surface area (TPSA) is 102 Å².